The van der Waals surface area contributed by atoms with Crippen molar-refractivity contribution in [2.75, 3.05) is 20.2 Å². The van der Waals surface area contributed by atoms with Gasteiger partial charge in [0.25, 0.3) is 0 Å². The average Bonchev–Trinajstić information content (AvgIpc) is 2.81. The van der Waals surface area contributed by atoms with Gasteiger partial charge in [0.2, 0.25) is 0 Å². The predicted molar refractivity (Wildman–Crippen MR) is 85.1 cm³/mol. The van der Waals surface area contributed by atoms with E-state index in [2.05, 4.69) is 51.1 Å². The van der Waals surface area contributed by atoms with E-state index in [0.29, 0.717) is 12.0 Å². The number of aromatic nitrogens is 2. The number of hydrogen-bond donors (Lipinski definition) is 1. The minimum Gasteiger partial charge on any atom is -0.493 e. The van der Waals surface area contributed by atoms with Crippen molar-refractivity contribution in [2.45, 2.75) is 47.1 Å². The van der Waals surface area contributed by atoms with Crippen molar-refractivity contribution in [1.29, 1.82) is 0 Å². The van der Waals surface area contributed by atoms with Crippen LogP contribution >= 0.6 is 0 Å². The highest BCUT2D eigenvalue weighted by molar-refractivity contribution is 5.66. The Bertz CT molecular complexity index is 433. The van der Waals surface area contributed by atoms with Gasteiger partial charge in [0.1, 0.15) is 5.69 Å². The summed E-state index contributed by atoms with van der Waals surface area (Å²) in [7, 11) is 1.70. The molecule has 1 aromatic heterocycles. The molecule has 4 heteroatoms. The summed E-state index contributed by atoms with van der Waals surface area (Å²) in [5.74, 6) is 1.55. The molecule has 0 unspecified atom stereocenters. The second kappa shape index (κ2) is 8.10. The standard InChI is InChI=1S/C16H29N3O/c1-12(2)10-17-9-7-8-14(5)16-15(20-6)11-18-19(16)13(3)4/h8,11-13,17H,7,9-10H2,1-6H3. The summed E-state index contributed by atoms with van der Waals surface area (Å²) in [5.41, 5.74) is 2.31. The molecule has 0 bridgehead atoms. The molecule has 0 aromatic carbocycles. The lowest BCUT2D eigenvalue weighted by Crippen LogP contribution is -2.20. The Labute approximate surface area is 123 Å². The van der Waals surface area contributed by atoms with Crippen molar-refractivity contribution in [3.05, 3.63) is 18.0 Å². The quantitative estimate of drug-likeness (QED) is 0.740. The van der Waals surface area contributed by atoms with Crippen LogP contribution in [0.1, 0.15) is 52.8 Å². The highest BCUT2D eigenvalue weighted by atomic mass is 16.5. The van der Waals surface area contributed by atoms with Crippen LogP contribution in [-0.4, -0.2) is 30.0 Å². The van der Waals surface area contributed by atoms with Crippen LogP contribution in [0.3, 0.4) is 0 Å². The first-order chi connectivity index (χ1) is 9.47. The van der Waals surface area contributed by atoms with Crippen LogP contribution in [0.15, 0.2) is 12.3 Å². The van der Waals surface area contributed by atoms with Gasteiger partial charge in [0, 0.05) is 6.04 Å². The summed E-state index contributed by atoms with van der Waals surface area (Å²) in [5, 5.41) is 7.86. The smallest absolute Gasteiger partial charge is 0.164 e. The van der Waals surface area contributed by atoms with E-state index in [9.17, 15) is 0 Å². The molecule has 0 saturated heterocycles. The number of nitrogens with zero attached hydrogens (tertiary/aromatic N) is 2. The summed E-state index contributed by atoms with van der Waals surface area (Å²) in [6, 6.07) is 0.330. The number of ether oxygens (including phenoxy) is 1. The van der Waals surface area contributed by atoms with Gasteiger partial charge < -0.3 is 10.1 Å². The van der Waals surface area contributed by atoms with Gasteiger partial charge in [-0.3, -0.25) is 4.68 Å². The Morgan fingerprint density at radius 3 is 2.65 bits per heavy atom. The van der Waals surface area contributed by atoms with Gasteiger partial charge in [-0.25, -0.2) is 0 Å². The van der Waals surface area contributed by atoms with Gasteiger partial charge >= 0.3 is 0 Å². The van der Waals surface area contributed by atoms with Crippen molar-refractivity contribution >= 4 is 5.57 Å². The first-order valence-corrected chi connectivity index (χ1v) is 7.46. The van der Waals surface area contributed by atoms with Gasteiger partial charge in [-0.15, -0.1) is 0 Å². The monoisotopic (exact) mass is 279 g/mol. The molecule has 1 aromatic rings. The lowest BCUT2D eigenvalue weighted by atomic mass is 10.1. The average molecular weight is 279 g/mol. The van der Waals surface area contributed by atoms with Gasteiger partial charge in [0.05, 0.1) is 13.3 Å². The summed E-state index contributed by atoms with van der Waals surface area (Å²) in [6.07, 6.45) is 5.07. The Morgan fingerprint density at radius 1 is 1.40 bits per heavy atom. The fourth-order valence-electron chi connectivity index (χ4n) is 2.14. The maximum absolute atomic E-state index is 5.42. The van der Waals surface area contributed by atoms with Gasteiger partial charge in [0.15, 0.2) is 5.75 Å². The molecule has 0 aliphatic heterocycles. The van der Waals surface area contributed by atoms with Gasteiger partial charge in [-0.2, -0.15) is 5.10 Å². The Hall–Kier alpha value is -1.29. The highest BCUT2D eigenvalue weighted by Crippen LogP contribution is 2.28. The summed E-state index contributed by atoms with van der Waals surface area (Å²) in [4.78, 5) is 0. The molecule has 114 valence electrons. The molecule has 0 aliphatic carbocycles. The van der Waals surface area contributed by atoms with Crippen molar-refractivity contribution in [1.82, 2.24) is 15.1 Å². The number of methoxy groups -OCH3 is 1. The molecule has 0 atom stereocenters. The molecule has 1 N–H and O–H groups in total. The molecular weight excluding hydrogens is 250 g/mol. The Morgan fingerprint density at radius 2 is 2.10 bits per heavy atom. The molecule has 4 nitrogen and oxygen atoms in total. The van der Waals surface area contributed by atoms with E-state index >= 15 is 0 Å². The molecule has 0 aliphatic rings. The van der Waals surface area contributed by atoms with Crippen LogP contribution in [-0.2, 0) is 0 Å². The molecular formula is C16H29N3O. The summed E-state index contributed by atoms with van der Waals surface area (Å²) < 4.78 is 7.44. The molecule has 0 saturated carbocycles. The molecule has 0 spiro atoms. The first-order valence-electron chi connectivity index (χ1n) is 7.46. The maximum atomic E-state index is 5.42. The predicted octanol–water partition coefficient (Wildman–Crippen LogP) is 3.51. The Balaban J connectivity index is 2.70. The number of rotatable bonds is 8. The third-order valence-corrected chi connectivity index (χ3v) is 3.17. The molecule has 1 rings (SSSR count). The maximum Gasteiger partial charge on any atom is 0.164 e. The van der Waals surface area contributed by atoms with Gasteiger partial charge in [-0.1, -0.05) is 19.9 Å². The fourth-order valence-corrected chi connectivity index (χ4v) is 2.14. The third-order valence-electron chi connectivity index (χ3n) is 3.17. The Kier molecular flexibility index (Phi) is 6.79. The topological polar surface area (TPSA) is 39.1 Å². The number of allylic oxidation sites excluding steroid dienone is 1. The zero-order chi connectivity index (χ0) is 15.1. The second-order valence-electron chi connectivity index (χ2n) is 5.87. The normalized spacial score (nSPS) is 12.5. The van der Waals surface area contributed by atoms with Crippen LogP contribution < -0.4 is 10.1 Å². The number of nitrogens with one attached hydrogen (secondary N) is 1. The van der Waals surface area contributed by atoms with Crippen molar-refractivity contribution in [3.8, 4) is 5.75 Å². The molecule has 1 heterocycles. The van der Waals surface area contributed by atoms with Crippen LogP contribution in [0.25, 0.3) is 5.57 Å². The second-order valence-corrected chi connectivity index (χ2v) is 5.87. The van der Waals surface area contributed by atoms with Crippen molar-refractivity contribution in [2.24, 2.45) is 5.92 Å². The van der Waals surface area contributed by atoms with E-state index in [4.69, 9.17) is 4.74 Å². The molecule has 20 heavy (non-hydrogen) atoms. The fraction of sp³-hybridized carbons (Fsp3) is 0.688. The lowest BCUT2D eigenvalue weighted by Gasteiger charge is -2.13. The minimum absolute atomic E-state index is 0.330. The first kappa shape index (κ1) is 16.8. The van der Waals surface area contributed by atoms with Crippen LogP contribution in [0, 0.1) is 5.92 Å². The van der Waals surface area contributed by atoms with Crippen LogP contribution in [0.5, 0.6) is 5.75 Å². The van der Waals surface area contributed by atoms with E-state index in [-0.39, 0.29) is 0 Å². The number of hydrogen-bond acceptors (Lipinski definition) is 3. The zero-order valence-electron chi connectivity index (χ0n) is 13.7. The SMILES string of the molecule is COc1cnn(C(C)C)c1C(C)=CCCNCC(C)C. The van der Waals surface area contributed by atoms with E-state index in [1.165, 1.54) is 5.57 Å². The lowest BCUT2D eigenvalue weighted by molar-refractivity contribution is 0.410. The largest absolute Gasteiger partial charge is 0.493 e. The molecule has 0 amide bonds. The molecule has 0 radical (unpaired) electrons. The molecule has 0 fully saturated rings. The highest BCUT2D eigenvalue weighted by Gasteiger charge is 2.14. The van der Waals surface area contributed by atoms with E-state index < -0.39 is 0 Å². The van der Waals surface area contributed by atoms with Crippen molar-refractivity contribution in [3.63, 3.8) is 0 Å². The van der Waals surface area contributed by atoms with E-state index in [1.807, 2.05) is 4.68 Å². The van der Waals surface area contributed by atoms with Gasteiger partial charge in [-0.05, 0) is 51.8 Å². The summed E-state index contributed by atoms with van der Waals surface area (Å²) in [6.45, 7) is 12.9. The van der Waals surface area contributed by atoms with Crippen LogP contribution in [0.4, 0.5) is 0 Å². The van der Waals surface area contributed by atoms with E-state index in [1.54, 1.807) is 13.3 Å². The zero-order valence-corrected chi connectivity index (χ0v) is 13.7. The van der Waals surface area contributed by atoms with Crippen LogP contribution in [0.2, 0.25) is 0 Å². The summed E-state index contributed by atoms with van der Waals surface area (Å²) >= 11 is 0. The third kappa shape index (κ3) is 4.67. The van der Waals surface area contributed by atoms with E-state index in [0.717, 1.165) is 31.0 Å². The van der Waals surface area contributed by atoms with Crippen molar-refractivity contribution < 1.29 is 4.74 Å². The minimum atomic E-state index is 0.330.